The summed E-state index contributed by atoms with van der Waals surface area (Å²) in [5.41, 5.74) is 1.72. The Hall–Kier alpha value is -1.51. The van der Waals surface area contributed by atoms with Crippen LogP contribution in [0.5, 0.6) is 0 Å². The third-order valence-electron chi connectivity index (χ3n) is 2.34. The van der Waals surface area contributed by atoms with E-state index in [-0.39, 0.29) is 6.10 Å². The third kappa shape index (κ3) is 4.78. The highest BCUT2D eigenvalue weighted by atomic mass is 32.3. The zero-order valence-corrected chi connectivity index (χ0v) is 10.5. The molecule has 0 aliphatic carbocycles. The first-order valence-electron chi connectivity index (χ1n) is 5.21. The summed E-state index contributed by atoms with van der Waals surface area (Å²) in [6.07, 6.45) is 1.74. The van der Waals surface area contributed by atoms with Gasteiger partial charge in [-0.1, -0.05) is 25.1 Å². The molecular formula is C10H13NO6S. The van der Waals surface area contributed by atoms with Crippen molar-refractivity contribution >= 4 is 16.1 Å². The highest BCUT2D eigenvalue weighted by molar-refractivity contribution is 7.79. The number of hydrogen-bond donors (Lipinski definition) is 1. The maximum atomic E-state index is 11.3. The van der Waals surface area contributed by atoms with Crippen LogP contribution in [-0.4, -0.2) is 28.6 Å². The van der Waals surface area contributed by atoms with Crippen LogP contribution in [0.3, 0.4) is 0 Å². The molecular weight excluding hydrogens is 262 g/mol. The van der Waals surface area contributed by atoms with Gasteiger partial charge in [0.05, 0.1) is 4.91 Å². The molecule has 100 valence electrons. The van der Waals surface area contributed by atoms with Gasteiger partial charge in [-0.05, 0) is 6.42 Å². The number of fused-ring (bicyclic) bond motifs is 1. The van der Waals surface area contributed by atoms with Crippen molar-refractivity contribution in [1.29, 1.82) is 0 Å². The minimum atomic E-state index is -4.92. The summed E-state index contributed by atoms with van der Waals surface area (Å²) >= 11 is 0. The quantitative estimate of drug-likeness (QED) is 0.612. The van der Waals surface area contributed by atoms with Gasteiger partial charge in [-0.15, -0.1) is 0 Å². The summed E-state index contributed by atoms with van der Waals surface area (Å²) in [5.74, 6) is 0. The summed E-state index contributed by atoms with van der Waals surface area (Å²) in [6, 6.07) is 7.56. The molecule has 2 rings (SSSR count). The molecule has 1 atom stereocenters. The van der Waals surface area contributed by atoms with E-state index in [0.29, 0.717) is 10.6 Å². The Kier molecular flexibility index (Phi) is 4.76. The molecule has 18 heavy (non-hydrogen) atoms. The number of para-hydroxylation sites is 1. The Balaban J connectivity index is 0.000000280. The Morgan fingerprint density at radius 2 is 2.06 bits per heavy atom. The van der Waals surface area contributed by atoms with Crippen LogP contribution in [0.25, 0.3) is 0 Å². The summed E-state index contributed by atoms with van der Waals surface area (Å²) in [4.78, 5) is 17.1. The fraction of sp³-hybridized carbons (Fsp3) is 0.400. The Labute approximate surface area is 104 Å². The second-order valence-corrected chi connectivity index (χ2v) is 4.51. The minimum Gasteiger partial charge on any atom is -0.726 e. The van der Waals surface area contributed by atoms with E-state index in [0.717, 1.165) is 18.4 Å². The van der Waals surface area contributed by atoms with Crippen molar-refractivity contribution in [3.8, 4) is 0 Å². The molecule has 8 heteroatoms. The van der Waals surface area contributed by atoms with Crippen molar-refractivity contribution in [3.63, 3.8) is 0 Å². The molecule has 0 fully saturated rings. The molecule has 0 saturated carbocycles. The van der Waals surface area contributed by atoms with Gasteiger partial charge in [-0.3, -0.25) is 4.55 Å². The molecule has 1 unspecified atom stereocenters. The largest absolute Gasteiger partial charge is 0.726 e. The summed E-state index contributed by atoms with van der Waals surface area (Å²) in [5, 5.41) is 0. The molecule has 0 saturated heterocycles. The molecule has 0 aromatic heterocycles. The summed E-state index contributed by atoms with van der Waals surface area (Å²) in [6.45, 7) is 2.02. The molecule has 0 spiro atoms. The van der Waals surface area contributed by atoms with Gasteiger partial charge in [0, 0.05) is 18.1 Å². The molecule has 1 heterocycles. The lowest BCUT2D eigenvalue weighted by atomic mass is 10.0. The van der Waals surface area contributed by atoms with E-state index < -0.39 is 10.4 Å². The normalized spacial score (nSPS) is 18.2. The van der Waals surface area contributed by atoms with Crippen LogP contribution in [-0.2, 0) is 21.7 Å². The maximum Gasteiger partial charge on any atom is 0.320 e. The van der Waals surface area contributed by atoms with Gasteiger partial charge in [-0.25, -0.2) is 13.3 Å². The predicted octanol–water partition coefficient (Wildman–Crippen LogP) is 1.37. The first-order valence-corrected chi connectivity index (χ1v) is 6.58. The van der Waals surface area contributed by atoms with Gasteiger partial charge in [0.1, 0.15) is 0 Å². The van der Waals surface area contributed by atoms with E-state index in [9.17, 15) is 4.91 Å². The number of nitrogens with zero attached hydrogens (tertiary/aromatic N) is 1. The molecule has 1 aromatic rings. The highest BCUT2D eigenvalue weighted by Gasteiger charge is 2.32. The first kappa shape index (κ1) is 14.6. The lowest BCUT2D eigenvalue weighted by Gasteiger charge is -2.14. The predicted molar refractivity (Wildman–Crippen MR) is 60.9 cm³/mol. The molecule has 0 bridgehead atoms. The zero-order valence-electron chi connectivity index (χ0n) is 9.64. The average molecular weight is 275 g/mol. The molecule has 1 aliphatic rings. The van der Waals surface area contributed by atoms with E-state index in [1.807, 2.05) is 25.1 Å². The maximum absolute atomic E-state index is 11.3. The monoisotopic (exact) mass is 275 g/mol. The van der Waals surface area contributed by atoms with Crippen molar-refractivity contribution in [1.82, 2.24) is 0 Å². The van der Waals surface area contributed by atoms with Gasteiger partial charge in [0.25, 0.3) is 4.92 Å². The Bertz CT molecular complexity index is 519. The van der Waals surface area contributed by atoms with Crippen molar-refractivity contribution < 1.29 is 27.3 Å². The minimum absolute atomic E-state index is 0.0346. The third-order valence-corrected chi connectivity index (χ3v) is 2.34. The highest BCUT2D eigenvalue weighted by Crippen LogP contribution is 2.27. The standard InChI is InChI=1S/C10H12NO2.H2O4S/c1-2-9-7-8-5-3-4-6-10(8)11(12)13-9;1-5(2,3)4/h3-6,9H,2,7H2,1H3;(H2,1,2,3,4)/q+1;/p-1. The van der Waals surface area contributed by atoms with Crippen LogP contribution in [0.15, 0.2) is 24.3 Å². The molecule has 1 aromatic carbocycles. The van der Waals surface area contributed by atoms with Crippen LogP contribution < -0.4 is 0 Å². The van der Waals surface area contributed by atoms with Crippen molar-refractivity contribution in [2.75, 3.05) is 0 Å². The van der Waals surface area contributed by atoms with Crippen molar-refractivity contribution in [2.24, 2.45) is 0 Å². The lowest BCUT2D eigenvalue weighted by Crippen LogP contribution is -2.25. The molecule has 7 nitrogen and oxygen atoms in total. The number of rotatable bonds is 1. The van der Waals surface area contributed by atoms with Crippen LogP contribution in [0.4, 0.5) is 5.69 Å². The SMILES string of the molecule is CCC1Cc2ccccc2[N+](=O)O1.O=S(=O)([O-])O. The Morgan fingerprint density at radius 1 is 1.50 bits per heavy atom. The molecule has 1 N–H and O–H groups in total. The second-order valence-electron chi connectivity index (χ2n) is 3.65. The molecule has 0 radical (unpaired) electrons. The van der Waals surface area contributed by atoms with Gasteiger partial charge in [0.2, 0.25) is 10.4 Å². The van der Waals surface area contributed by atoms with Gasteiger partial charge in [-0.2, -0.15) is 0 Å². The van der Waals surface area contributed by atoms with Crippen LogP contribution in [0.1, 0.15) is 18.9 Å². The Morgan fingerprint density at radius 3 is 2.61 bits per heavy atom. The molecule has 1 aliphatic heterocycles. The van der Waals surface area contributed by atoms with Crippen LogP contribution in [0, 0.1) is 4.91 Å². The first-order chi connectivity index (χ1) is 8.31. The van der Waals surface area contributed by atoms with E-state index >= 15 is 0 Å². The van der Waals surface area contributed by atoms with Crippen molar-refractivity contribution in [3.05, 3.63) is 34.7 Å². The van der Waals surface area contributed by atoms with Gasteiger partial charge in [0.15, 0.2) is 6.10 Å². The van der Waals surface area contributed by atoms with Crippen molar-refractivity contribution in [2.45, 2.75) is 25.9 Å². The number of hydrogen-bond acceptors (Lipinski definition) is 5. The topological polar surface area (TPSA) is 107 Å². The van der Waals surface area contributed by atoms with E-state index in [4.69, 9.17) is 22.4 Å². The average Bonchev–Trinajstić information content (AvgIpc) is 2.26. The summed E-state index contributed by atoms with van der Waals surface area (Å²) in [7, 11) is -4.92. The second kappa shape index (κ2) is 5.89. The fourth-order valence-electron chi connectivity index (χ4n) is 1.56. The van der Waals surface area contributed by atoms with E-state index in [2.05, 4.69) is 0 Å². The summed E-state index contributed by atoms with van der Waals surface area (Å²) < 4.78 is 32.8. The zero-order chi connectivity index (χ0) is 13.8. The van der Waals surface area contributed by atoms with E-state index in [1.165, 1.54) is 0 Å². The number of benzene rings is 1. The lowest BCUT2D eigenvalue weighted by molar-refractivity contribution is -0.761. The van der Waals surface area contributed by atoms with E-state index in [1.54, 1.807) is 6.07 Å². The van der Waals surface area contributed by atoms with Crippen LogP contribution in [0.2, 0.25) is 0 Å². The van der Waals surface area contributed by atoms with Gasteiger partial charge < -0.3 is 4.55 Å². The van der Waals surface area contributed by atoms with Gasteiger partial charge >= 0.3 is 5.69 Å². The van der Waals surface area contributed by atoms with Crippen LogP contribution >= 0.6 is 0 Å². The fourth-order valence-corrected chi connectivity index (χ4v) is 1.56. The smallest absolute Gasteiger partial charge is 0.320 e. The molecule has 0 amide bonds.